The van der Waals surface area contributed by atoms with E-state index < -0.39 is 53.9 Å². The maximum atomic E-state index is 10.9. The molecule has 0 aromatic heterocycles. The van der Waals surface area contributed by atoms with Gasteiger partial charge in [0.05, 0.1) is 18.3 Å². The second kappa shape index (κ2) is 13.2. The molecule has 2 aliphatic heterocycles. The van der Waals surface area contributed by atoms with Crippen molar-refractivity contribution < 1.29 is 44.5 Å². The summed E-state index contributed by atoms with van der Waals surface area (Å²) < 4.78 is 26.6. The fourth-order valence-electron chi connectivity index (χ4n) is 12.0. The smallest absolute Gasteiger partial charge is 0.186 e. The van der Waals surface area contributed by atoms with Crippen LogP contribution in [0.2, 0.25) is 0 Å². The van der Waals surface area contributed by atoms with Crippen LogP contribution in [0.4, 0.5) is 0 Å². The first-order valence-electron chi connectivity index (χ1n) is 19.3. The van der Waals surface area contributed by atoms with Gasteiger partial charge in [0.15, 0.2) is 12.6 Å². The number of fused-ring (bicyclic) bond motifs is 2. The molecule has 5 N–H and O–H groups in total. The SMILES string of the molecule is CCCCO[C@@H]1O[C@]23C=C[C@@H]4[C@@]1(CC[C@]1(C)[C@@H]([C@H](C)C/C=C/C(C)(C)O)CC[C@@]41C)[C@@H]2CC[C@H](O[C@@H]1O[C@H](CO)[C@@H](O)[C@H](O)[C@H]1O)C3(C)C. The van der Waals surface area contributed by atoms with Gasteiger partial charge in [-0.1, -0.05) is 72.3 Å². The van der Waals surface area contributed by atoms with Crippen molar-refractivity contribution in [3.63, 3.8) is 0 Å². The molecule has 2 bridgehead atoms. The standard InChI is InChI=1S/C40H66O9/c1-9-10-22-46-34-39-21-20-37(7)25(24(2)12-11-17-35(3,4)45)15-18-38(37,8)27(39)16-19-40(49-34)28(39)13-14-29(36(40,5)6)48-33-32(44)31(43)30(42)26(23-41)47-33/h11,16-17,19,24-34,41-45H,9-10,12-15,18,20-23H2,1-8H3/b17-11+/t24-,25-,26-,27+,28+,29+,30-,31+,32-,33+,34-,37-,38+,39+,40-/m1/s1. The molecular formula is C40H66O9. The Balaban J connectivity index is 1.32. The zero-order valence-corrected chi connectivity index (χ0v) is 31.3. The Morgan fingerprint density at radius 3 is 2.39 bits per heavy atom. The largest absolute Gasteiger partial charge is 0.394 e. The summed E-state index contributed by atoms with van der Waals surface area (Å²) in [7, 11) is 0. The summed E-state index contributed by atoms with van der Waals surface area (Å²) in [4.78, 5) is 0. The van der Waals surface area contributed by atoms with Crippen LogP contribution in [0, 0.1) is 45.3 Å². The minimum Gasteiger partial charge on any atom is -0.394 e. The first-order chi connectivity index (χ1) is 22.9. The van der Waals surface area contributed by atoms with Crippen LogP contribution in [0.5, 0.6) is 0 Å². The topological polar surface area (TPSA) is 138 Å². The molecule has 49 heavy (non-hydrogen) atoms. The third-order valence-electron chi connectivity index (χ3n) is 15.0. The minimum atomic E-state index is -1.49. The van der Waals surface area contributed by atoms with Crippen LogP contribution in [0.15, 0.2) is 24.3 Å². The lowest BCUT2D eigenvalue weighted by molar-refractivity contribution is -0.331. The Morgan fingerprint density at radius 1 is 0.980 bits per heavy atom. The average molecular weight is 691 g/mol. The fraction of sp³-hybridized carbons (Fsp3) is 0.900. The third kappa shape index (κ3) is 5.67. The van der Waals surface area contributed by atoms with E-state index in [1.54, 1.807) is 0 Å². The zero-order chi connectivity index (χ0) is 35.8. The molecule has 0 unspecified atom stereocenters. The summed E-state index contributed by atoms with van der Waals surface area (Å²) in [5.41, 5.74) is -1.96. The van der Waals surface area contributed by atoms with E-state index in [1.165, 1.54) is 6.42 Å². The number of allylic oxidation sites excluding steroid dienone is 2. The average Bonchev–Trinajstić information content (AvgIpc) is 3.41. The maximum Gasteiger partial charge on any atom is 0.186 e. The first-order valence-corrected chi connectivity index (χ1v) is 19.3. The number of hydrogen-bond acceptors (Lipinski definition) is 9. The molecule has 6 aliphatic rings. The highest BCUT2D eigenvalue weighted by atomic mass is 16.7. The Bertz CT molecular complexity index is 1240. The second-order valence-electron chi connectivity index (χ2n) is 18.3. The molecule has 9 nitrogen and oxygen atoms in total. The van der Waals surface area contributed by atoms with E-state index in [4.69, 9.17) is 18.9 Å². The summed E-state index contributed by atoms with van der Waals surface area (Å²) in [6, 6.07) is 0. The van der Waals surface area contributed by atoms with Crippen LogP contribution < -0.4 is 0 Å². The lowest BCUT2D eigenvalue weighted by atomic mass is 9.38. The van der Waals surface area contributed by atoms with Crippen molar-refractivity contribution in [2.45, 2.75) is 167 Å². The Labute approximate surface area is 294 Å². The van der Waals surface area contributed by atoms with E-state index in [9.17, 15) is 25.5 Å². The number of ether oxygens (including phenoxy) is 4. The van der Waals surface area contributed by atoms with Crippen LogP contribution in [0.3, 0.4) is 0 Å². The van der Waals surface area contributed by atoms with Crippen molar-refractivity contribution >= 4 is 0 Å². The number of aliphatic hydroxyl groups excluding tert-OH is 4. The zero-order valence-electron chi connectivity index (χ0n) is 31.3. The van der Waals surface area contributed by atoms with Gasteiger partial charge in [0, 0.05) is 23.4 Å². The summed E-state index contributed by atoms with van der Waals surface area (Å²) in [6.07, 6.45) is 10.8. The highest BCUT2D eigenvalue weighted by Crippen LogP contribution is 2.79. The number of aliphatic hydroxyl groups is 5. The van der Waals surface area contributed by atoms with Gasteiger partial charge in [-0.05, 0) is 93.8 Å². The van der Waals surface area contributed by atoms with Crippen LogP contribution in [0.1, 0.15) is 113 Å². The minimum absolute atomic E-state index is 0.0701. The highest BCUT2D eigenvalue weighted by Gasteiger charge is 2.79. The molecule has 0 aromatic rings. The van der Waals surface area contributed by atoms with Crippen molar-refractivity contribution in [3.8, 4) is 0 Å². The highest BCUT2D eigenvalue weighted by molar-refractivity contribution is 5.34. The lowest BCUT2D eigenvalue weighted by Gasteiger charge is -2.65. The predicted octanol–water partition coefficient (Wildman–Crippen LogP) is 5.26. The third-order valence-corrected chi connectivity index (χ3v) is 15.0. The van der Waals surface area contributed by atoms with Gasteiger partial charge in [0.1, 0.15) is 30.0 Å². The van der Waals surface area contributed by atoms with Gasteiger partial charge in [-0.25, -0.2) is 0 Å². The van der Waals surface area contributed by atoms with Gasteiger partial charge in [0.2, 0.25) is 0 Å². The van der Waals surface area contributed by atoms with Crippen LogP contribution in [-0.4, -0.2) is 93.0 Å². The molecule has 0 aromatic carbocycles. The molecule has 6 rings (SSSR count). The number of rotatable bonds is 11. The fourth-order valence-corrected chi connectivity index (χ4v) is 12.0. The molecule has 4 aliphatic carbocycles. The van der Waals surface area contributed by atoms with Crippen molar-refractivity contribution in [2.24, 2.45) is 45.3 Å². The normalized spacial score (nSPS) is 49.5. The van der Waals surface area contributed by atoms with Crippen LogP contribution >= 0.6 is 0 Å². The van der Waals surface area contributed by atoms with E-state index in [0.717, 1.165) is 51.4 Å². The van der Waals surface area contributed by atoms with Gasteiger partial charge < -0.3 is 44.5 Å². The van der Waals surface area contributed by atoms with Gasteiger partial charge in [-0.2, -0.15) is 0 Å². The summed E-state index contributed by atoms with van der Waals surface area (Å²) in [5, 5.41) is 51.8. The monoisotopic (exact) mass is 690 g/mol. The molecule has 280 valence electrons. The molecular weight excluding hydrogens is 624 g/mol. The number of unbranched alkanes of at least 4 members (excludes halogenated alkanes) is 1. The van der Waals surface area contributed by atoms with Crippen molar-refractivity contribution in [1.29, 1.82) is 0 Å². The molecule has 0 amide bonds. The molecule has 0 radical (unpaired) electrons. The van der Waals surface area contributed by atoms with Gasteiger partial charge in [0.25, 0.3) is 0 Å². The Hall–Kier alpha value is -0.880. The van der Waals surface area contributed by atoms with Gasteiger partial charge in [-0.3, -0.25) is 0 Å². The molecule has 9 heteroatoms. The Morgan fingerprint density at radius 2 is 1.71 bits per heavy atom. The molecule has 5 fully saturated rings. The Kier molecular flexibility index (Phi) is 10.2. The van der Waals surface area contributed by atoms with Gasteiger partial charge >= 0.3 is 0 Å². The molecule has 15 atom stereocenters. The van der Waals surface area contributed by atoms with E-state index in [1.807, 2.05) is 19.9 Å². The quantitative estimate of drug-likeness (QED) is 0.145. The van der Waals surface area contributed by atoms with E-state index >= 15 is 0 Å². The molecule has 1 spiro atoms. The second-order valence-corrected chi connectivity index (χ2v) is 18.3. The van der Waals surface area contributed by atoms with Crippen LogP contribution in [0.25, 0.3) is 0 Å². The predicted molar refractivity (Wildman–Crippen MR) is 186 cm³/mol. The summed E-state index contributed by atoms with van der Waals surface area (Å²) in [5.74, 6) is 1.62. The number of hydrogen-bond donors (Lipinski definition) is 5. The van der Waals surface area contributed by atoms with Crippen molar-refractivity contribution in [1.82, 2.24) is 0 Å². The maximum absolute atomic E-state index is 10.9. The van der Waals surface area contributed by atoms with E-state index in [0.29, 0.717) is 24.4 Å². The summed E-state index contributed by atoms with van der Waals surface area (Å²) >= 11 is 0. The van der Waals surface area contributed by atoms with Crippen molar-refractivity contribution in [3.05, 3.63) is 24.3 Å². The lowest BCUT2D eigenvalue weighted by Crippen LogP contribution is -2.66. The first kappa shape index (κ1) is 37.9. The van der Waals surface area contributed by atoms with E-state index in [-0.39, 0.29) is 34.6 Å². The van der Waals surface area contributed by atoms with Crippen LogP contribution in [-0.2, 0) is 18.9 Å². The summed E-state index contributed by atoms with van der Waals surface area (Å²) in [6.45, 7) is 17.9. The molecule has 2 heterocycles. The van der Waals surface area contributed by atoms with E-state index in [2.05, 4.69) is 59.8 Å². The van der Waals surface area contributed by atoms with Crippen molar-refractivity contribution in [2.75, 3.05) is 13.2 Å². The van der Waals surface area contributed by atoms with Gasteiger partial charge in [-0.15, -0.1) is 0 Å². The molecule has 3 saturated carbocycles. The molecule has 2 saturated heterocycles.